The molecule has 0 aliphatic carbocycles. The third-order valence-corrected chi connectivity index (χ3v) is 5.22. The number of benzene rings is 2. The van der Waals surface area contributed by atoms with E-state index in [9.17, 15) is 9.59 Å². The number of hydrogen-bond donors (Lipinski definition) is 1. The van der Waals surface area contributed by atoms with Crippen molar-refractivity contribution in [3.05, 3.63) is 64.7 Å². The Morgan fingerprint density at radius 3 is 2.46 bits per heavy atom. The van der Waals surface area contributed by atoms with Crippen LogP contribution in [-0.2, 0) is 20.7 Å². The smallest absolute Gasteiger partial charge is 0.303 e. The molecule has 1 aliphatic heterocycles. The molecule has 0 aromatic heterocycles. The van der Waals surface area contributed by atoms with Crippen molar-refractivity contribution in [2.45, 2.75) is 39.2 Å². The summed E-state index contributed by atoms with van der Waals surface area (Å²) in [5.74, 6) is -0.832. The third kappa shape index (κ3) is 4.25. The Kier molecular flexibility index (Phi) is 6.15. The highest BCUT2D eigenvalue weighted by Gasteiger charge is 2.39. The topological polar surface area (TPSA) is 58.6 Å². The van der Waals surface area contributed by atoms with E-state index in [1.807, 2.05) is 50.4 Å². The van der Waals surface area contributed by atoms with Gasteiger partial charge in [0.05, 0.1) is 0 Å². The lowest BCUT2D eigenvalue weighted by Gasteiger charge is -2.28. The van der Waals surface area contributed by atoms with Gasteiger partial charge in [0.25, 0.3) is 5.91 Å². The number of aryl methyl sites for hydroxylation is 2. The second-order valence-electron chi connectivity index (χ2n) is 7.48. The van der Waals surface area contributed by atoms with E-state index >= 15 is 0 Å². The molecular formula is C23H28N2O3. The summed E-state index contributed by atoms with van der Waals surface area (Å²) in [5.41, 5.74) is 5.31. The molecule has 0 saturated carbocycles. The van der Waals surface area contributed by atoms with E-state index in [4.69, 9.17) is 4.74 Å². The maximum Gasteiger partial charge on any atom is 0.303 e. The first-order valence-electron chi connectivity index (χ1n) is 9.70. The van der Waals surface area contributed by atoms with Crippen molar-refractivity contribution >= 4 is 17.6 Å². The van der Waals surface area contributed by atoms with Gasteiger partial charge in [-0.1, -0.05) is 47.5 Å². The minimum absolute atomic E-state index is 0.168. The number of rotatable bonds is 5. The lowest BCUT2D eigenvalue weighted by Crippen LogP contribution is -2.45. The maximum atomic E-state index is 13.5. The molecule has 2 aromatic carbocycles. The molecule has 0 bridgehead atoms. The van der Waals surface area contributed by atoms with E-state index in [1.54, 1.807) is 4.90 Å². The van der Waals surface area contributed by atoms with Gasteiger partial charge in [-0.2, -0.15) is 0 Å². The molecule has 0 spiro atoms. The van der Waals surface area contributed by atoms with Gasteiger partial charge in [-0.25, -0.2) is 0 Å². The summed E-state index contributed by atoms with van der Waals surface area (Å²) in [6.07, 6.45) is -0.204. The fourth-order valence-corrected chi connectivity index (χ4v) is 3.80. The van der Waals surface area contributed by atoms with Crippen molar-refractivity contribution in [2.24, 2.45) is 0 Å². The monoisotopic (exact) mass is 380 g/mol. The van der Waals surface area contributed by atoms with Crippen LogP contribution in [0.3, 0.4) is 0 Å². The van der Waals surface area contributed by atoms with E-state index in [-0.39, 0.29) is 11.8 Å². The normalized spacial score (nSPS) is 19.1. The molecule has 28 heavy (non-hydrogen) atoms. The highest BCUT2D eigenvalue weighted by molar-refractivity contribution is 5.99. The Bertz CT molecular complexity index is 861. The molecule has 2 unspecified atom stereocenters. The van der Waals surface area contributed by atoms with Crippen molar-refractivity contribution in [2.75, 3.05) is 25.0 Å². The van der Waals surface area contributed by atoms with Crippen LogP contribution in [0.4, 0.5) is 5.69 Å². The van der Waals surface area contributed by atoms with Gasteiger partial charge in [0, 0.05) is 31.6 Å². The third-order valence-electron chi connectivity index (χ3n) is 5.22. The summed E-state index contributed by atoms with van der Waals surface area (Å²) in [5, 5.41) is 3.10. The molecule has 1 N–H and O–H groups in total. The molecule has 0 saturated heterocycles. The number of carbonyl (C=O) groups excluding carboxylic acids is 2. The average Bonchev–Trinajstić information content (AvgIpc) is 2.76. The van der Waals surface area contributed by atoms with Gasteiger partial charge in [0.2, 0.25) is 0 Å². The van der Waals surface area contributed by atoms with Gasteiger partial charge in [0.1, 0.15) is 0 Å². The van der Waals surface area contributed by atoms with Crippen LogP contribution in [-0.4, -0.2) is 38.1 Å². The van der Waals surface area contributed by atoms with Crippen molar-refractivity contribution in [3.63, 3.8) is 0 Å². The number of likely N-dealkylation sites (N-methyl/N-ethyl adjacent to an activating group) is 1. The van der Waals surface area contributed by atoms with E-state index in [0.29, 0.717) is 19.5 Å². The number of ether oxygens (including phenoxy) is 1. The van der Waals surface area contributed by atoms with Crippen LogP contribution >= 0.6 is 0 Å². The van der Waals surface area contributed by atoms with Crippen LogP contribution in [0.2, 0.25) is 0 Å². The van der Waals surface area contributed by atoms with E-state index < -0.39 is 12.1 Å². The average molecular weight is 380 g/mol. The highest BCUT2D eigenvalue weighted by Crippen LogP contribution is 2.36. The molecule has 1 aliphatic rings. The Hall–Kier alpha value is -2.66. The molecule has 3 rings (SSSR count). The van der Waals surface area contributed by atoms with E-state index in [2.05, 4.69) is 18.3 Å². The number of anilines is 1. The van der Waals surface area contributed by atoms with Gasteiger partial charge in [0.15, 0.2) is 6.10 Å². The van der Waals surface area contributed by atoms with Crippen LogP contribution < -0.4 is 10.2 Å². The SMILES string of the molecule is CNCCN1C(=O)C(OC(C)=O)C(c2ccc(C)cc2)Cc2cc(C)ccc21. The van der Waals surface area contributed by atoms with Crippen LogP contribution in [0.25, 0.3) is 0 Å². The summed E-state index contributed by atoms with van der Waals surface area (Å²) in [7, 11) is 1.86. The van der Waals surface area contributed by atoms with E-state index in [0.717, 1.165) is 27.9 Å². The first-order chi connectivity index (χ1) is 13.4. The molecule has 5 heteroatoms. The lowest BCUT2D eigenvalue weighted by atomic mass is 9.87. The molecule has 0 fully saturated rings. The fraction of sp³-hybridized carbons (Fsp3) is 0.391. The van der Waals surface area contributed by atoms with Gasteiger partial charge >= 0.3 is 5.97 Å². The summed E-state index contributed by atoms with van der Waals surface area (Å²) in [6.45, 7) is 6.61. The number of carbonyl (C=O) groups is 2. The van der Waals surface area contributed by atoms with Crippen molar-refractivity contribution in [1.29, 1.82) is 0 Å². The molecule has 0 radical (unpaired) electrons. The zero-order chi connectivity index (χ0) is 20.3. The predicted octanol–water partition coefficient (Wildman–Crippen LogP) is 3.13. The molecular weight excluding hydrogens is 352 g/mol. The molecule has 5 nitrogen and oxygen atoms in total. The molecule has 148 valence electrons. The number of fused-ring (bicyclic) bond motifs is 1. The summed E-state index contributed by atoms with van der Waals surface area (Å²) in [4.78, 5) is 27.1. The molecule has 1 heterocycles. The van der Waals surface area contributed by atoms with Crippen LogP contribution in [0, 0.1) is 13.8 Å². The number of nitrogens with zero attached hydrogens (tertiary/aromatic N) is 1. The Balaban J connectivity index is 2.11. The van der Waals surface area contributed by atoms with Crippen LogP contribution in [0.1, 0.15) is 35.1 Å². The minimum Gasteiger partial charge on any atom is -0.452 e. The standard InChI is InChI=1S/C23H28N2O3/c1-15-5-8-18(9-6-15)20-14-19-13-16(2)7-10-21(19)25(12-11-24-4)23(27)22(20)28-17(3)26/h5-10,13,20,22,24H,11-12,14H2,1-4H3. The zero-order valence-corrected chi connectivity index (χ0v) is 17.0. The first kappa shape index (κ1) is 20.1. The highest BCUT2D eigenvalue weighted by atomic mass is 16.5. The maximum absolute atomic E-state index is 13.5. The van der Waals surface area contributed by atoms with Gasteiger partial charge in [-0.3, -0.25) is 9.59 Å². The van der Waals surface area contributed by atoms with Crippen molar-refractivity contribution in [3.8, 4) is 0 Å². The van der Waals surface area contributed by atoms with Crippen LogP contribution in [0.5, 0.6) is 0 Å². The van der Waals surface area contributed by atoms with Gasteiger partial charge in [-0.15, -0.1) is 0 Å². The van der Waals surface area contributed by atoms with Crippen molar-refractivity contribution < 1.29 is 14.3 Å². The Morgan fingerprint density at radius 2 is 1.82 bits per heavy atom. The number of hydrogen-bond acceptors (Lipinski definition) is 4. The minimum atomic E-state index is -0.843. The quantitative estimate of drug-likeness (QED) is 0.810. The summed E-state index contributed by atoms with van der Waals surface area (Å²) >= 11 is 0. The van der Waals surface area contributed by atoms with Crippen LogP contribution in [0.15, 0.2) is 42.5 Å². The zero-order valence-electron chi connectivity index (χ0n) is 17.0. The Morgan fingerprint density at radius 1 is 1.14 bits per heavy atom. The number of amides is 1. The van der Waals surface area contributed by atoms with Gasteiger partial charge < -0.3 is 15.0 Å². The number of nitrogens with one attached hydrogen (secondary N) is 1. The Labute approximate surface area is 166 Å². The predicted molar refractivity (Wildman–Crippen MR) is 111 cm³/mol. The molecule has 2 aromatic rings. The second-order valence-corrected chi connectivity index (χ2v) is 7.48. The first-order valence-corrected chi connectivity index (χ1v) is 9.70. The summed E-state index contributed by atoms with van der Waals surface area (Å²) in [6, 6.07) is 14.3. The van der Waals surface area contributed by atoms with E-state index in [1.165, 1.54) is 6.92 Å². The van der Waals surface area contributed by atoms with Gasteiger partial charge in [-0.05, 0) is 44.5 Å². The lowest BCUT2D eigenvalue weighted by molar-refractivity contribution is -0.154. The fourth-order valence-electron chi connectivity index (χ4n) is 3.80. The molecule has 1 amide bonds. The number of esters is 1. The molecule has 2 atom stereocenters. The largest absolute Gasteiger partial charge is 0.452 e. The van der Waals surface area contributed by atoms with Crippen molar-refractivity contribution in [1.82, 2.24) is 5.32 Å². The summed E-state index contributed by atoms with van der Waals surface area (Å²) < 4.78 is 5.60. The second kappa shape index (κ2) is 8.57.